The van der Waals surface area contributed by atoms with E-state index >= 15 is 0 Å². The number of nitrogens with zero attached hydrogens (tertiary/aromatic N) is 2. The van der Waals surface area contributed by atoms with Crippen molar-refractivity contribution in [1.29, 1.82) is 0 Å². The molecule has 10 heteroatoms. The molecule has 0 saturated carbocycles. The van der Waals surface area contributed by atoms with Crippen LogP contribution in [0.25, 0.3) is 6.08 Å². The van der Waals surface area contributed by atoms with E-state index in [9.17, 15) is 40.0 Å². The summed E-state index contributed by atoms with van der Waals surface area (Å²) in [4.78, 5) is 43.8. The summed E-state index contributed by atoms with van der Waals surface area (Å²) in [6.45, 7) is 0. The summed E-state index contributed by atoms with van der Waals surface area (Å²) >= 11 is 0. The minimum atomic E-state index is -2.94. The third-order valence-corrected chi connectivity index (χ3v) is 3.94. The average molecular weight is 360 g/mol. The Labute approximate surface area is 145 Å². The Morgan fingerprint density at radius 2 is 1.81 bits per heavy atom. The maximum atomic E-state index is 11.7. The Hall–Kier alpha value is -3.82. The van der Waals surface area contributed by atoms with Gasteiger partial charge in [0.15, 0.2) is 0 Å². The van der Waals surface area contributed by atoms with Crippen LogP contribution in [0.15, 0.2) is 54.1 Å². The van der Waals surface area contributed by atoms with E-state index in [4.69, 9.17) is 0 Å². The Morgan fingerprint density at radius 3 is 2.35 bits per heavy atom. The lowest BCUT2D eigenvalue weighted by Gasteiger charge is -2.28. The predicted molar refractivity (Wildman–Crippen MR) is 87.8 cm³/mol. The normalized spacial score (nSPS) is 22.0. The molecule has 0 radical (unpaired) electrons. The zero-order valence-corrected chi connectivity index (χ0v) is 13.0. The van der Waals surface area contributed by atoms with Crippen molar-refractivity contribution in [3.8, 4) is 0 Å². The highest BCUT2D eigenvalue weighted by atomic mass is 16.6. The van der Waals surface area contributed by atoms with Gasteiger partial charge in [-0.2, -0.15) is 0 Å². The molecular formula is C16H12N2O8. The minimum Gasteiger partial charge on any atom is -0.478 e. The van der Waals surface area contributed by atoms with Crippen LogP contribution in [-0.4, -0.2) is 37.5 Å². The fourth-order valence-electron chi connectivity index (χ4n) is 2.71. The topological polar surface area (TPSA) is 161 Å². The van der Waals surface area contributed by atoms with Crippen LogP contribution in [0, 0.1) is 26.1 Å². The van der Waals surface area contributed by atoms with E-state index in [1.807, 2.05) is 0 Å². The van der Waals surface area contributed by atoms with Crippen molar-refractivity contribution in [3.63, 3.8) is 0 Å². The molecule has 0 spiro atoms. The van der Waals surface area contributed by atoms with E-state index in [0.29, 0.717) is 0 Å². The number of rotatable bonds is 6. The van der Waals surface area contributed by atoms with Gasteiger partial charge >= 0.3 is 17.5 Å². The maximum absolute atomic E-state index is 11.7. The highest BCUT2D eigenvalue weighted by molar-refractivity contribution is 6.00. The summed E-state index contributed by atoms with van der Waals surface area (Å²) in [5, 5.41) is 41.3. The lowest BCUT2D eigenvalue weighted by atomic mass is 9.74. The summed E-state index contributed by atoms with van der Waals surface area (Å²) in [5.74, 6) is -5.15. The first-order valence-corrected chi connectivity index (χ1v) is 7.14. The molecular weight excluding hydrogens is 348 g/mol. The molecule has 134 valence electrons. The van der Waals surface area contributed by atoms with E-state index in [1.54, 1.807) is 0 Å². The summed E-state index contributed by atoms with van der Waals surface area (Å²) in [6, 6.07) is 5.53. The molecule has 2 N–H and O–H groups in total. The number of hydrogen-bond acceptors (Lipinski definition) is 6. The van der Waals surface area contributed by atoms with E-state index in [0.717, 1.165) is 18.2 Å². The van der Waals surface area contributed by atoms with Gasteiger partial charge in [0, 0.05) is 11.0 Å². The Bertz CT molecular complexity index is 870. The van der Waals surface area contributed by atoms with Crippen LogP contribution in [-0.2, 0) is 9.59 Å². The van der Waals surface area contributed by atoms with Crippen molar-refractivity contribution in [2.24, 2.45) is 5.92 Å². The van der Waals surface area contributed by atoms with Crippen LogP contribution in [0.3, 0.4) is 0 Å². The maximum Gasteiger partial charge on any atom is 0.388 e. The van der Waals surface area contributed by atoms with Crippen molar-refractivity contribution in [2.45, 2.75) is 5.54 Å². The van der Waals surface area contributed by atoms with Crippen LogP contribution in [0.5, 0.6) is 0 Å². The van der Waals surface area contributed by atoms with Crippen molar-refractivity contribution in [3.05, 3.63) is 79.9 Å². The summed E-state index contributed by atoms with van der Waals surface area (Å²) in [5.41, 5.74) is -4.03. The minimum absolute atomic E-state index is 0.0972. The second kappa shape index (κ2) is 6.97. The molecule has 1 aliphatic rings. The van der Waals surface area contributed by atoms with Crippen LogP contribution >= 0.6 is 0 Å². The summed E-state index contributed by atoms with van der Waals surface area (Å²) < 4.78 is 0. The quantitative estimate of drug-likeness (QED) is 0.574. The number of benzene rings is 1. The number of carboxylic acids is 2. The molecule has 2 rings (SSSR count). The second-order valence-corrected chi connectivity index (χ2v) is 5.30. The van der Waals surface area contributed by atoms with E-state index in [1.165, 1.54) is 36.4 Å². The second-order valence-electron chi connectivity index (χ2n) is 5.30. The zero-order chi connectivity index (χ0) is 19.5. The predicted octanol–water partition coefficient (Wildman–Crippen LogP) is 1.91. The molecule has 0 saturated heterocycles. The number of para-hydroxylation sites is 1. The van der Waals surface area contributed by atoms with Crippen molar-refractivity contribution >= 4 is 23.7 Å². The lowest BCUT2D eigenvalue weighted by Crippen LogP contribution is -2.55. The summed E-state index contributed by atoms with van der Waals surface area (Å²) in [6.07, 6.45) is 5.45. The van der Waals surface area contributed by atoms with Gasteiger partial charge in [-0.15, -0.1) is 0 Å². The van der Waals surface area contributed by atoms with Crippen LogP contribution in [0.2, 0.25) is 0 Å². The molecule has 2 atom stereocenters. The van der Waals surface area contributed by atoms with Gasteiger partial charge in [-0.25, -0.2) is 9.59 Å². The first kappa shape index (κ1) is 18.5. The van der Waals surface area contributed by atoms with Crippen LogP contribution in [0.4, 0.5) is 5.69 Å². The highest BCUT2D eigenvalue weighted by Gasteiger charge is 2.62. The van der Waals surface area contributed by atoms with E-state index < -0.39 is 38.8 Å². The molecule has 10 nitrogen and oxygen atoms in total. The van der Waals surface area contributed by atoms with Gasteiger partial charge in [-0.3, -0.25) is 20.2 Å². The molecule has 0 bridgehead atoms. The van der Waals surface area contributed by atoms with Crippen molar-refractivity contribution in [1.82, 2.24) is 0 Å². The number of hydrogen-bond donors (Lipinski definition) is 2. The van der Waals surface area contributed by atoms with Crippen LogP contribution < -0.4 is 0 Å². The van der Waals surface area contributed by atoms with Gasteiger partial charge in [-0.1, -0.05) is 36.4 Å². The number of nitro benzene ring substituents is 1. The van der Waals surface area contributed by atoms with Gasteiger partial charge in [0.1, 0.15) is 5.57 Å². The largest absolute Gasteiger partial charge is 0.478 e. The fraction of sp³-hybridized carbons (Fsp3) is 0.125. The standard InChI is InChI=1S/C16H12N2O8/c19-14(20)12-6-3-5-11(16(12,15(21)22)18(25)26)9-8-10-4-1-2-7-13(10)17(23)24/h1-9,11H,(H,19,20)(H,21,22). The van der Waals surface area contributed by atoms with Gasteiger partial charge in [0.2, 0.25) is 0 Å². The molecule has 26 heavy (non-hydrogen) atoms. The molecule has 0 heterocycles. The van der Waals surface area contributed by atoms with E-state index in [-0.39, 0.29) is 11.3 Å². The number of nitro groups is 2. The van der Waals surface area contributed by atoms with Crippen molar-refractivity contribution < 1.29 is 29.6 Å². The number of aliphatic carboxylic acids is 2. The van der Waals surface area contributed by atoms with E-state index in [2.05, 4.69) is 0 Å². The number of carboxylic acid groups (broad SMARTS) is 2. The highest BCUT2D eigenvalue weighted by Crippen LogP contribution is 2.36. The molecule has 1 aliphatic carbocycles. The Morgan fingerprint density at radius 1 is 1.15 bits per heavy atom. The number of allylic oxidation sites excluding steroid dienone is 2. The average Bonchev–Trinajstić information content (AvgIpc) is 2.58. The van der Waals surface area contributed by atoms with Gasteiger partial charge < -0.3 is 10.2 Å². The lowest BCUT2D eigenvalue weighted by molar-refractivity contribution is -0.548. The molecule has 0 amide bonds. The molecule has 0 aliphatic heterocycles. The smallest absolute Gasteiger partial charge is 0.388 e. The monoisotopic (exact) mass is 360 g/mol. The third kappa shape index (κ3) is 2.95. The van der Waals surface area contributed by atoms with Gasteiger partial charge in [-0.05, 0) is 12.1 Å². The Kier molecular flexibility index (Phi) is 4.96. The third-order valence-electron chi connectivity index (χ3n) is 3.94. The molecule has 0 aromatic heterocycles. The molecule has 0 fully saturated rings. The molecule has 1 aromatic rings. The fourth-order valence-corrected chi connectivity index (χ4v) is 2.71. The SMILES string of the molecule is O=C(O)C1=CC=CC(C=Cc2ccccc2[N+](=O)[O-])C1(C(=O)O)[N+](=O)[O-]. The molecule has 1 aromatic carbocycles. The summed E-state index contributed by atoms with van der Waals surface area (Å²) in [7, 11) is 0. The first-order valence-electron chi connectivity index (χ1n) is 7.14. The van der Waals surface area contributed by atoms with Crippen LogP contribution in [0.1, 0.15) is 5.56 Å². The van der Waals surface area contributed by atoms with Gasteiger partial charge in [0.05, 0.1) is 16.4 Å². The zero-order valence-electron chi connectivity index (χ0n) is 13.0. The van der Waals surface area contributed by atoms with Crippen molar-refractivity contribution in [2.75, 3.05) is 0 Å². The first-order chi connectivity index (χ1) is 12.2. The van der Waals surface area contributed by atoms with Gasteiger partial charge in [0.25, 0.3) is 5.69 Å². The Balaban J connectivity index is 2.58. The molecule has 2 unspecified atom stereocenters. The number of carbonyl (C=O) groups is 2.